The summed E-state index contributed by atoms with van der Waals surface area (Å²) in [5, 5.41) is 33.9. The third-order valence-corrected chi connectivity index (χ3v) is 5.40. The molecule has 11 nitrogen and oxygen atoms in total. The summed E-state index contributed by atoms with van der Waals surface area (Å²) < 4.78 is 4.64. The van der Waals surface area contributed by atoms with Gasteiger partial charge < -0.3 is 30.3 Å². The van der Waals surface area contributed by atoms with Crippen molar-refractivity contribution in [1.82, 2.24) is 20.1 Å². The second-order valence-electron chi connectivity index (χ2n) is 6.81. The van der Waals surface area contributed by atoms with Crippen LogP contribution in [0.5, 0.6) is 0 Å². The number of hydrogen-bond donors (Lipinski definition) is 4. The van der Waals surface area contributed by atoms with Crippen molar-refractivity contribution in [3.05, 3.63) is 27.9 Å². The van der Waals surface area contributed by atoms with E-state index in [0.29, 0.717) is 42.7 Å². The molecule has 1 saturated heterocycles. The molecular weight excluding hydrogens is 412 g/mol. The number of nitrogens with zero attached hydrogens (tertiary/aromatic N) is 4. The largest absolute Gasteiger partial charge is 0.435 e. The fourth-order valence-corrected chi connectivity index (χ4v) is 3.42. The Labute approximate surface area is 178 Å². The molecule has 0 aliphatic carbocycles. The van der Waals surface area contributed by atoms with Gasteiger partial charge in [-0.3, -0.25) is 14.7 Å². The quantitative estimate of drug-likeness (QED) is 0.151. The number of carbonyl (C=O) groups is 2. The van der Waals surface area contributed by atoms with E-state index < -0.39 is 17.3 Å². The van der Waals surface area contributed by atoms with Crippen molar-refractivity contribution in [2.75, 3.05) is 39.3 Å². The summed E-state index contributed by atoms with van der Waals surface area (Å²) in [5.74, 6) is -0.655. The van der Waals surface area contributed by atoms with Gasteiger partial charge in [-0.2, -0.15) is 0 Å². The van der Waals surface area contributed by atoms with Gasteiger partial charge >= 0.3 is 5.97 Å². The molecule has 30 heavy (non-hydrogen) atoms. The molecule has 4 N–H and O–H groups in total. The lowest BCUT2D eigenvalue weighted by Crippen LogP contribution is -2.58. The zero-order chi connectivity index (χ0) is 21.9. The molecule has 0 aromatic carbocycles. The Hall–Kier alpha value is -2.25. The van der Waals surface area contributed by atoms with Gasteiger partial charge in [0.25, 0.3) is 0 Å². The number of aliphatic hydroxyl groups is 3. The molecule has 1 amide bonds. The number of nitrogens with one attached hydrogen (secondary N) is 1. The van der Waals surface area contributed by atoms with Crippen molar-refractivity contribution in [2.24, 2.45) is 4.99 Å². The predicted octanol–water partition coefficient (Wildman–Crippen LogP) is -3.31. The van der Waals surface area contributed by atoms with Crippen molar-refractivity contribution in [3.63, 3.8) is 0 Å². The molecule has 2 aliphatic rings. The van der Waals surface area contributed by atoms with Crippen LogP contribution in [-0.4, -0.2) is 115 Å². The maximum Gasteiger partial charge on any atom is 0.339 e. The molecule has 1 aromatic rings. The van der Waals surface area contributed by atoms with Crippen LogP contribution in [0.1, 0.15) is 5.01 Å². The number of amides is 1. The Balaban J connectivity index is 1.80. The summed E-state index contributed by atoms with van der Waals surface area (Å²) in [6, 6.07) is 0. The Bertz CT molecular complexity index is 847. The van der Waals surface area contributed by atoms with Gasteiger partial charge in [-0.05, 0) is 0 Å². The van der Waals surface area contributed by atoms with Crippen LogP contribution < -0.4 is 5.32 Å². The molecule has 1 atom stereocenters. The van der Waals surface area contributed by atoms with Crippen molar-refractivity contribution in [2.45, 2.75) is 11.4 Å². The molecule has 2 aliphatic heterocycles. The smallest absolute Gasteiger partial charge is 0.339 e. The maximum absolute atomic E-state index is 12.6. The standard InChI is InChI=1S/C16H19B2N5O6S/c17-15(26,27)16(18,28)29-14(25)10-7-20-12(13-19-1-6-30-13)21-11(10)8-22-2-4-23(9-24)5-3-22/h1,6,9,26-28H,2-5,7-8H2,(H,20,21). The third-order valence-electron chi connectivity index (χ3n) is 4.62. The van der Waals surface area contributed by atoms with Gasteiger partial charge in [0.05, 0.1) is 12.1 Å². The number of aromatic nitrogens is 1. The number of hydrogen-bond acceptors (Lipinski definition) is 11. The number of rotatable bonds is 7. The minimum absolute atomic E-state index is 0.0289. The first-order valence-corrected chi connectivity index (χ1v) is 9.82. The van der Waals surface area contributed by atoms with Crippen LogP contribution in [0.2, 0.25) is 0 Å². The number of aliphatic imine (C=N–C) groups is 1. The molecule has 0 saturated carbocycles. The van der Waals surface area contributed by atoms with Gasteiger partial charge in [-0.1, -0.05) is 0 Å². The third kappa shape index (κ3) is 5.07. The number of thiazole rings is 1. The number of carbonyl (C=O) groups excluding carboxylic acids is 2. The zero-order valence-corrected chi connectivity index (χ0v) is 16.7. The first kappa shape index (κ1) is 22.4. The highest BCUT2D eigenvalue weighted by Crippen LogP contribution is 2.21. The molecule has 1 aromatic heterocycles. The van der Waals surface area contributed by atoms with Crippen LogP contribution >= 0.6 is 11.3 Å². The Kier molecular flexibility index (Phi) is 6.62. The van der Waals surface area contributed by atoms with E-state index in [1.807, 2.05) is 4.90 Å². The summed E-state index contributed by atoms with van der Waals surface area (Å²) in [6.45, 7) is 2.41. The average Bonchev–Trinajstić information content (AvgIpc) is 3.22. The molecule has 4 radical (unpaired) electrons. The summed E-state index contributed by atoms with van der Waals surface area (Å²) in [5.41, 5.74) is -6.15. The monoisotopic (exact) mass is 431 g/mol. The molecule has 3 rings (SSSR count). The minimum atomic E-state index is -3.37. The summed E-state index contributed by atoms with van der Waals surface area (Å²) in [6.07, 6.45) is 2.41. The molecule has 1 unspecified atom stereocenters. The fraction of sp³-hybridized carbons (Fsp3) is 0.500. The molecule has 0 spiro atoms. The van der Waals surface area contributed by atoms with Gasteiger partial charge in [0, 0.05) is 50.0 Å². The first-order valence-electron chi connectivity index (χ1n) is 8.94. The van der Waals surface area contributed by atoms with E-state index in [9.17, 15) is 24.9 Å². The maximum atomic E-state index is 12.6. The predicted molar refractivity (Wildman–Crippen MR) is 107 cm³/mol. The van der Waals surface area contributed by atoms with Crippen LogP contribution in [0.4, 0.5) is 0 Å². The highest BCUT2D eigenvalue weighted by molar-refractivity contribution is 7.11. The second kappa shape index (κ2) is 8.86. The summed E-state index contributed by atoms with van der Waals surface area (Å²) >= 11 is 1.36. The second-order valence-corrected chi connectivity index (χ2v) is 7.71. The molecular formula is C16H19B2N5O6S. The van der Waals surface area contributed by atoms with Crippen LogP contribution in [0.15, 0.2) is 27.8 Å². The average molecular weight is 431 g/mol. The van der Waals surface area contributed by atoms with Gasteiger partial charge in [0.1, 0.15) is 0 Å². The number of esters is 1. The minimum Gasteiger partial charge on any atom is -0.435 e. The van der Waals surface area contributed by atoms with E-state index in [2.05, 4.69) is 20.0 Å². The van der Waals surface area contributed by atoms with Gasteiger partial charge in [-0.15, -0.1) is 11.3 Å². The van der Waals surface area contributed by atoms with E-state index in [-0.39, 0.29) is 18.7 Å². The lowest BCUT2D eigenvalue weighted by molar-refractivity contribution is -0.276. The first-order chi connectivity index (χ1) is 14.1. The lowest BCUT2D eigenvalue weighted by atomic mass is 9.75. The van der Waals surface area contributed by atoms with Gasteiger partial charge in [-0.25, -0.2) is 9.78 Å². The van der Waals surface area contributed by atoms with Crippen molar-refractivity contribution in [1.29, 1.82) is 0 Å². The highest BCUT2D eigenvalue weighted by Gasteiger charge is 2.43. The van der Waals surface area contributed by atoms with Gasteiger partial charge in [0.2, 0.25) is 12.1 Å². The van der Waals surface area contributed by atoms with E-state index in [1.54, 1.807) is 16.5 Å². The van der Waals surface area contributed by atoms with Crippen LogP contribution in [-0.2, 0) is 14.3 Å². The van der Waals surface area contributed by atoms with Crippen molar-refractivity contribution in [3.8, 4) is 0 Å². The zero-order valence-electron chi connectivity index (χ0n) is 15.9. The Morgan fingerprint density at radius 3 is 2.57 bits per heavy atom. The Morgan fingerprint density at radius 2 is 2.00 bits per heavy atom. The number of ether oxygens (including phenoxy) is 1. The molecule has 14 heteroatoms. The van der Waals surface area contributed by atoms with E-state index in [0.717, 1.165) is 6.41 Å². The lowest BCUT2D eigenvalue weighted by Gasteiger charge is -2.36. The summed E-state index contributed by atoms with van der Waals surface area (Å²) in [7, 11) is 10.2. The Morgan fingerprint density at radius 1 is 1.30 bits per heavy atom. The number of piperazine rings is 1. The van der Waals surface area contributed by atoms with E-state index in [1.165, 1.54) is 11.3 Å². The van der Waals surface area contributed by atoms with Crippen LogP contribution in [0.25, 0.3) is 0 Å². The normalized spacial score (nSPS) is 20.2. The molecule has 1 fully saturated rings. The summed E-state index contributed by atoms with van der Waals surface area (Å²) in [4.78, 5) is 35.6. The molecule has 0 bridgehead atoms. The fourth-order valence-electron chi connectivity index (χ4n) is 2.82. The SMILES string of the molecule is [B]C(O)(O)C([B])(O)OC(=O)C1=C(CN2CCN(C=O)CC2)NC(c2nccs2)=NC1. The molecule has 156 valence electrons. The van der Waals surface area contributed by atoms with E-state index >= 15 is 0 Å². The van der Waals surface area contributed by atoms with Crippen molar-refractivity contribution < 1.29 is 29.6 Å². The van der Waals surface area contributed by atoms with Crippen LogP contribution in [0, 0.1) is 0 Å². The van der Waals surface area contributed by atoms with Crippen molar-refractivity contribution >= 4 is 45.2 Å². The topological polar surface area (TPSA) is 148 Å². The van der Waals surface area contributed by atoms with Crippen LogP contribution in [0.3, 0.4) is 0 Å². The van der Waals surface area contributed by atoms with E-state index in [4.69, 9.17) is 15.7 Å². The molecule has 3 heterocycles. The number of amidine groups is 1. The van der Waals surface area contributed by atoms with Gasteiger partial charge in [0.15, 0.2) is 32.2 Å². The highest BCUT2D eigenvalue weighted by atomic mass is 32.1.